The number of anilines is 1. The van der Waals surface area contributed by atoms with Gasteiger partial charge < -0.3 is 9.45 Å². The zero-order chi connectivity index (χ0) is 28.9. The summed E-state index contributed by atoms with van der Waals surface area (Å²) in [5, 5.41) is 0.776. The van der Waals surface area contributed by atoms with Gasteiger partial charge in [-0.25, -0.2) is 8.42 Å². The molecule has 0 fully saturated rings. The van der Waals surface area contributed by atoms with Gasteiger partial charge in [0.2, 0.25) is 5.69 Å². The van der Waals surface area contributed by atoms with Gasteiger partial charge >= 0.3 is 0 Å². The van der Waals surface area contributed by atoms with Crippen molar-refractivity contribution in [1.29, 1.82) is 0 Å². The van der Waals surface area contributed by atoms with E-state index in [1.165, 1.54) is 17.0 Å². The summed E-state index contributed by atoms with van der Waals surface area (Å²) >= 11 is 7.01. The molecule has 5 nitrogen and oxygen atoms in total. The van der Waals surface area contributed by atoms with Crippen LogP contribution in [0.4, 0.5) is 11.4 Å². The van der Waals surface area contributed by atoms with Gasteiger partial charge in [0.15, 0.2) is 5.71 Å². The molecule has 0 spiro atoms. The van der Waals surface area contributed by atoms with Crippen LogP contribution >= 0.6 is 11.6 Å². The minimum absolute atomic E-state index is 0.100. The summed E-state index contributed by atoms with van der Waals surface area (Å²) in [4.78, 5) is 1.97. The zero-order valence-corrected chi connectivity index (χ0v) is 25.4. The van der Waals surface area contributed by atoms with E-state index in [-0.39, 0.29) is 17.4 Å². The van der Waals surface area contributed by atoms with Crippen LogP contribution in [0.5, 0.6) is 0 Å². The van der Waals surface area contributed by atoms with E-state index in [1.807, 2.05) is 23.1 Å². The maximum atomic E-state index is 11.5. The van der Waals surface area contributed by atoms with Gasteiger partial charge in [-0.3, -0.25) is 0 Å². The molecule has 1 aliphatic carbocycles. The average molecular weight is 577 g/mol. The second kappa shape index (κ2) is 10.5. The van der Waals surface area contributed by atoms with Crippen molar-refractivity contribution in [3.05, 3.63) is 106 Å². The lowest BCUT2D eigenvalue weighted by atomic mass is 9.81. The molecule has 0 unspecified atom stereocenters. The molecule has 3 aliphatic rings. The van der Waals surface area contributed by atoms with Crippen molar-refractivity contribution in [2.75, 3.05) is 24.2 Å². The Morgan fingerprint density at radius 3 is 2.33 bits per heavy atom. The first kappa shape index (κ1) is 28.6. The predicted molar refractivity (Wildman–Crippen MR) is 164 cm³/mol. The summed E-state index contributed by atoms with van der Waals surface area (Å²) < 4.78 is 36.7. The Hall–Kier alpha value is -2.93. The van der Waals surface area contributed by atoms with Crippen LogP contribution in [0.2, 0.25) is 0 Å². The minimum atomic E-state index is -4.35. The Balaban J connectivity index is 1.48. The van der Waals surface area contributed by atoms with Gasteiger partial charge in [-0.05, 0) is 62.0 Å². The number of benzene rings is 2. The number of fused-ring (bicyclic) bond motifs is 2. The number of rotatable bonds is 6. The first-order valence-electron chi connectivity index (χ1n) is 13.8. The SMILES string of the molecule is C[N+]1=C(C=CC2=C(Cl)C(=CC=C3N(CCS(=O)(=O)[O-])c4ccccc4C3(C)C)CCC2)C(C)(C)c2ccccc21. The summed E-state index contributed by atoms with van der Waals surface area (Å²) in [7, 11) is -2.23. The first-order chi connectivity index (χ1) is 18.8. The monoisotopic (exact) mass is 576 g/mol. The van der Waals surface area contributed by atoms with Gasteiger partial charge in [0.25, 0.3) is 0 Å². The van der Waals surface area contributed by atoms with Crippen molar-refractivity contribution in [2.24, 2.45) is 0 Å². The van der Waals surface area contributed by atoms with E-state index in [9.17, 15) is 13.0 Å². The van der Waals surface area contributed by atoms with E-state index in [4.69, 9.17) is 11.6 Å². The van der Waals surface area contributed by atoms with Crippen LogP contribution in [0.15, 0.2) is 94.7 Å². The maximum Gasteiger partial charge on any atom is 0.209 e. The molecule has 2 heterocycles. The Labute approximate surface area is 243 Å². The summed E-state index contributed by atoms with van der Waals surface area (Å²) in [6.07, 6.45) is 11.3. The maximum absolute atomic E-state index is 11.5. The van der Waals surface area contributed by atoms with E-state index >= 15 is 0 Å². The molecule has 2 aromatic carbocycles. The number of nitrogens with zero attached hydrogens (tertiary/aromatic N) is 2. The minimum Gasteiger partial charge on any atom is -0.748 e. The highest BCUT2D eigenvalue weighted by atomic mass is 35.5. The predicted octanol–water partition coefficient (Wildman–Crippen LogP) is 7.08. The van der Waals surface area contributed by atoms with Crippen molar-refractivity contribution >= 4 is 38.8 Å². The van der Waals surface area contributed by atoms with E-state index in [0.29, 0.717) is 0 Å². The number of allylic oxidation sites excluding steroid dienone is 8. The standard InChI is InChI=1S/C33H37ClN2O3S/c1-32(2)25-13-6-8-15-27(25)35(5)29(32)19-17-23-11-10-12-24(31(23)34)18-20-30-33(3,4)26-14-7-9-16-28(26)36(30)21-22-40(37,38)39/h6-9,13-20H,10-12,21-22H2,1-5H3. The Morgan fingerprint density at radius 2 is 1.62 bits per heavy atom. The second-order valence-corrected chi connectivity index (χ2v) is 13.8. The molecule has 0 bridgehead atoms. The fourth-order valence-corrected chi connectivity index (χ4v) is 7.17. The van der Waals surface area contributed by atoms with Crippen molar-refractivity contribution in [1.82, 2.24) is 0 Å². The van der Waals surface area contributed by atoms with Gasteiger partial charge in [0.1, 0.15) is 7.05 Å². The van der Waals surface area contributed by atoms with Gasteiger partial charge in [0, 0.05) is 46.1 Å². The molecule has 210 valence electrons. The normalized spacial score (nSPS) is 22.1. The summed E-state index contributed by atoms with van der Waals surface area (Å²) in [6.45, 7) is 8.89. The molecule has 0 amide bonds. The van der Waals surface area contributed by atoms with Crippen LogP contribution in [0.25, 0.3) is 0 Å². The lowest BCUT2D eigenvalue weighted by Crippen LogP contribution is -2.30. The molecule has 0 N–H and O–H groups in total. The highest BCUT2D eigenvalue weighted by molar-refractivity contribution is 7.85. The van der Waals surface area contributed by atoms with E-state index in [2.05, 4.69) is 94.0 Å². The van der Waals surface area contributed by atoms with Gasteiger partial charge in [-0.1, -0.05) is 74.0 Å². The lowest BCUT2D eigenvalue weighted by Gasteiger charge is -2.27. The topological polar surface area (TPSA) is 63.5 Å². The second-order valence-electron chi connectivity index (χ2n) is 11.9. The fraction of sp³-hybridized carbons (Fsp3) is 0.364. The van der Waals surface area contributed by atoms with E-state index in [1.54, 1.807) is 0 Å². The lowest BCUT2D eigenvalue weighted by molar-refractivity contribution is -0.401. The summed E-state index contributed by atoms with van der Waals surface area (Å²) in [6, 6.07) is 16.5. The highest BCUT2D eigenvalue weighted by Gasteiger charge is 2.43. The third-order valence-electron chi connectivity index (χ3n) is 8.65. The zero-order valence-electron chi connectivity index (χ0n) is 23.9. The molecular weight excluding hydrogens is 540 g/mol. The van der Waals surface area contributed by atoms with Crippen molar-refractivity contribution < 1.29 is 17.5 Å². The largest absolute Gasteiger partial charge is 0.748 e. The van der Waals surface area contributed by atoms with Crippen molar-refractivity contribution in [3.8, 4) is 0 Å². The van der Waals surface area contributed by atoms with Crippen molar-refractivity contribution in [2.45, 2.75) is 57.8 Å². The molecule has 2 aromatic rings. The molecule has 0 saturated carbocycles. The molecule has 2 aliphatic heterocycles. The van der Waals surface area contributed by atoms with Crippen LogP contribution in [-0.2, 0) is 20.9 Å². The Bertz CT molecular complexity index is 1620. The number of halogens is 1. The van der Waals surface area contributed by atoms with Gasteiger partial charge in [-0.15, -0.1) is 0 Å². The van der Waals surface area contributed by atoms with E-state index < -0.39 is 15.9 Å². The van der Waals surface area contributed by atoms with Crippen LogP contribution in [0, 0.1) is 0 Å². The van der Waals surface area contributed by atoms with Gasteiger partial charge in [-0.2, -0.15) is 4.58 Å². The molecule has 0 saturated heterocycles. The van der Waals surface area contributed by atoms with E-state index in [0.717, 1.165) is 52.4 Å². The summed E-state index contributed by atoms with van der Waals surface area (Å²) in [5.41, 5.74) is 8.53. The van der Waals surface area contributed by atoms with Gasteiger partial charge in [0.05, 0.1) is 21.3 Å². The molecule has 40 heavy (non-hydrogen) atoms. The molecular formula is C33H37ClN2O3S. The number of hydrogen-bond donors (Lipinski definition) is 0. The molecule has 0 radical (unpaired) electrons. The van der Waals surface area contributed by atoms with Crippen LogP contribution < -0.4 is 4.90 Å². The Kier molecular flexibility index (Phi) is 7.49. The van der Waals surface area contributed by atoms with Crippen LogP contribution in [0.1, 0.15) is 58.1 Å². The molecule has 0 aromatic heterocycles. The quantitative estimate of drug-likeness (QED) is 0.272. The third kappa shape index (κ3) is 5.13. The highest BCUT2D eigenvalue weighted by Crippen LogP contribution is 2.48. The number of para-hydroxylation sites is 2. The van der Waals surface area contributed by atoms with Crippen LogP contribution in [0.3, 0.4) is 0 Å². The average Bonchev–Trinajstić information content (AvgIpc) is 3.24. The molecule has 0 atom stereocenters. The molecule has 7 heteroatoms. The Morgan fingerprint density at radius 1 is 0.950 bits per heavy atom. The molecule has 5 rings (SSSR count). The first-order valence-corrected chi connectivity index (χ1v) is 15.8. The smallest absolute Gasteiger partial charge is 0.209 e. The van der Waals surface area contributed by atoms with Crippen LogP contribution in [-0.4, -0.2) is 42.6 Å². The fourth-order valence-electron chi connectivity index (χ4n) is 6.45. The van der Waals surface area contributed by atoms with Crippen molar-refractivity contribution in [3.63, 3.8) is 0 Å². The number of hydrogen-bond acceptors (Lipinski definition) is 4. The third-order valence-corrected chi connectivity index (χ3v) is 9.81. The summed E-state index contributed by atoms with van der Waals surface area (Å²) in [5.74, 6) is -0.450.